The van der Waals surface area contributed by atoms with E-state index in [0.717, 1.165) is 33.4 Å². The molecule has 3 aromatic rings. The van der Waals surface area contributed by atoms with Crippen LogP contribution in [-0.2, 0) is 11.2 Å². The SMILES string of the molecule is Cc1cc(C(=O)NCC(C)(C)O)cc(C)c1-c1ccc(F)c2c1CC[C@H]2Oc1ccc2c(c1)OC[C@H]2CC(=O)O. The number of ether oxygens (including phenoxy) is 2. The Labute approximate surface area is 232 Å². The summed E-state index contributed by atoms with van der Waals surface area (Å²) in [5.41, 5.74) is 5.47. The third-order valence-electron chi connectivity index (χ3n) is 7.59. The van der Waals surface area contributed by atoms with E-state index in [9.17, 15) is 14.7 Å². The molecule has 3 N–H and O–H groups in total. The van der Waals surface area contributed by atoms with E-state index < -0.39 is 17.7 Å². The van der Waals surface area contributed by atoms with E-state index in [1.54, 1.807) is 32.0 Å². The monoisotopic (exact) mass is 547 g/mol. The average Bonchev–Trinajstić information content (AvgIpc) is 3.47. The first-order valence-electron chi connectivity index (χ1n) is 13.5. The second-order valence-corrected chi connectivity index (χ2v) is 11.4. The number of benzene rings is 3. The van der Waals surface area contributed by atoms with E-state index in [4.69, 9.17) is 14.6 Å². The second kappa shape index (κ2) is 10.6. The van der Waals surface area contributed by atoms with Gasteiger partial charge in [0.1, 0.15) is 23.4 Å². The molecule has 0 radical (unpaired) electrons. The van der Waals surface area contributed by atoms with Gasteiger partial charge in [-0.25, -0.2) is 4.39 Å². The number of aliphatic hydroxyl groups is 1. The topological polar surface area (TPSA) is 105 Å². The highest BCUT2D eigenvalue weighted by Crippen LogP contribution is 2.45. The average molecular weight is 548 g/mol. The van der Waals surface area contributed by atoms with Gasteiger partial charge in [0.05, 0.1) is 18.6 Å². The first kappa shape index (κ1) is 27.6. The third-order valence-corrected chi connectivity index (χ3v) is 7.59. The van der Waals surface area contributed by atoms with Crippen molar-refractivity contribution in [3.05, 3.63) is 81.7 Å². The molecular formula is C32H34FNO6. The number of hydrogen-bond donors (Lipinski definition) is 3. The number of halogens is 1. The van der Waals surface area contributed by atoms with Crippen LogP contribution in [0.1, 0.15) is 76.9 Å². The van der Waals surface area contributed by atoms with Crippen molar-refractivity contribution in [2.24, 2.45) is 0 Å². The van der Waals surface area contributed by atoms with Crippen LogP contribution in [0, 0.1) is 19.7 Å². The minimum absolute atomic E-state index is 0.00250. The van der Waals surface area contributed by atoms with Gasteiger partial charge >= 0.3 is 5.97 Å². The van der Waals surface area contributed by atoms with E-state index in [-0.39, 0.29) is 30.6 Å². The number of carboxylic acids is 1. The number of carbonyl (C=O) groups excluding carboxylic acids is 1. The molecule has 7 nitrogen and oxygen atoms in total. The predicted molar refractivity (Wildman–Crippen MR) is 149 cm³/mol. The molecule has 2 aliphatic rings. The quantitative estimate of drug-likeness (QED) is 0.338. The molecule has 0 fully saturated rings. The Morgan fingerprint density at radius 3 is 2.52 bits per heavy atom. The third kappa shape index (κ3) is 5.54. The van der Waals surface area contributed by atoms with Gasteiger partial charge in [0.25, 0.3) is 5.91 Å². The lowest BCUT2D eigenvalue weighted by Crippen LogP contribution is -2.38. The van der Waals surface area contributed by atoms with Crippen LogP contribution in [-0.4, -0.2) is 40.8 Å². The maximum Gasteiger partial charge on any atom is 0.304 e. The molecule has 0 saturated heterocycles. The normalized spacial score (nSPS) is 17.6. The molecule has 0 spiro atoms. The van der Waals surface area contributed by atoms with Gasteiger partial charge < -0.3 is 25.0 Å². The lowest BCUT2D eigenvalue weighted by atomic mass is 9.89. The lowest BCUT2D eigenvalue weighted by molar-refractivity contribution is -0.137. The summed E-state index contributed by atoms with van der Waals surface area (Å²) in [4.78, 5) is 23.9. The minimum atomic E-state index is -1.01. The van der Waals surface area contributed by atoms with Crippen molar-refractivity contribution in [3.63, 3.8) is 0 Å². The van der Waals surface area contributed by atoms with Crippen LogP contribution in [0.3, 0.4) is 0 Å². The molecule has 40 heavy (non-hydrogen) atoms. The Balaban J connectivity index is 1.41. The van der Waals surface area contributed by atoms with Gasteiger partial charge in [-0.2, -0.15) is 0 Å². The molecule has 3 aromatic carbocycles. The van der Waals surface area contributed by atoms with Crippen molar-refractivity contribution >= 4 is 11.9 Å². The van der Waals surface area contributed by atoms with Gasteiger partial charge in [-0.15, -0.1) is 0 Å². The summed E-state index contributed by atoms with van der Waals surface area (Å²) in [7, 11) is 0. The smallest absolute Gasteiger partial charge is 0.304 e. The van der Waals surface area contributed by atoms with Gasteiger partial charge in [0, 0.05) is 35.2 Å². The molecule has 1 aliphatic carbocycles. The van der Waals surface area contributed by atoms with Crippen molar-refractivity contribution in [3.8, 4) is 22.6 Å². The number of aliphatic carboxylic acids is 1. The highest BCUT2D eigenvalue weighted by molar-refractivity contribution is 5.96. The van der Waals surface area contributed by atoms with Gasteiger partial charge in [-0.3, -0.25) is 9.59 Å². The summed E-state index contributed by atoms with van der Waals surface area (Å²) in [6.45, 7) is 7.60. The molecule has 1 aliphatic heterocycles. The van der Waals surface area contributed by atoms with E-state index in [1.165, 1.54) is 6.07 Å². The number of fused-ring (bicyclic) bond motifs is 2. The summed E-state index contributed by atoms with van der Waals surface area (Å²) in [6.07, 6.45) is 0.778. The van der Waals surface area contributed by atoms with Gasteiger partial charge in [-0.05, 0) is 92.6 Å². The second-order valence-electron chi connectivity index (χ2n) is 11.4. The van der Waals surface area contributed by atoms with E-state index in [1.807, 2.05) is 32.0 Å². The maximum atomic E-state index is 15.3. The molecule has 1 heterocycles. The molecule has 0 aromatic heterocycles. The summed E-state index contributed by atoms with van der Waals surface area (Å²) < 4.78 is 27.2. The molecule has 8 heteroatoms. The number of carboxylic acid groups (broad SMARTS) is 1. The highest BCUT2D eigenvalue weighted by Gasteiger charge is 2.32. The van der Waals surface area contributed by atoms with Crippen LogP contribution in [0.2, 0.25) is 0 Å². The fourth-order valence-electron chi connectivity index (χ4n) is 5.82. The first-order chi connectivity index (χ1) is 18.9. The Kier molecular flexibility index (Phi) is 7.31. The Morgan fingerprint density at radius 2 is 1.85 bits per heavy atom. The number of hydrogen-bond acceptors (Lipinski definition) is 5. The van der Waals surface area contributed by atoms with Crippen molar-refractivity contribution in [2.75, 3.05) is 13.2 Å². The Bertz CT molecular complexity index is 1470. The molecule has 1 amide bonds. The largest absolute Gasteiger partial charge is 0.492 e. The van der Waals surface area contributed by atoms with Gasteiger partial charge in [-0.1, -0.05) is 12.1 Å². The van der Waals surface area contributed by atoms with Crippen molar-refractivity contribution in [1.29, 1.82) is 0 Å². The molecule has 5 rings (SSSR count). The maximum absolute atomic E-state index is 15.3. The predicted octanol–water partition coefficient (Wildman–Crippen LogP) is 5.63. The summed E-state index contributed by atoms with van der Waals surface area (Å²) in [5, 5.41) is 21.9. The molecule has 0 saturated carbocycles. The van der Waals surface area contributed by atoms with E-state index >= 15 is 4.39 Å². The summed E-state index contributed by atoms with van der Waals surface area (Å²) in [6, 6.07) is 12.3. The van der Waals surface area contributed by atoms with Crippen LogP contribution in [0.25, 0.3) is 11.1 Å². The Hall–Kier alpha value is -3.91. The zero-order valence-corrected chi connectivity index (χ0v) is 23.1. The van der Waals surface area contributed by atoms with Gasteiger partial charge in [0.2, 0.25) is 0 Å². The fraction of sp³-hybridized carbons (Fsp3) is 0.375. The summed E-state index contributed by atoms with van der Waals surface area (Å²) in [5.74, 6) is -0.493. The molecule has 0 bridgehead atoms. The van der Waals surface area contributed by atoms with Crippen LogP contribution in [0.15, 0.2) is 42.5 Å². The molecule has 210 valence electrons. The number of nitrogens with one attached hydrogen (secondary N) is 1. The zero-order valence-electron chi connectivity index (χ0n) is 23.1. The van der Waals surface area contributed by atoms with Crippen molar-refractivity contribution in [1.82, 2.24) is 5.32 Å². The Morgan fingerprint density at radius 1 is 1.12 bits per heavy atom. The first-order valence-corrected chi connectivity index (χ1v) is 13.5. The van der Waals surface area contributed by atoms with Crippen LogP contribution in [0.4, 0.5) is 4.39 Å². The fourth-order valence-corrected chi connectivity index (χ4v) is 5.82. The lowest BCUT2D eigenvalue weighted by Gasteiger charge is -2.20. The highest BCUT2D eigenvalue weighted by atomic mass is 19.1. The van der Waals surface area contributed by atoms with Crippen LogP contribution < -0.4 is 14.8 Å². The van der Waals surface area contributed by atoms with E-state index in [2.05, 4.69) is 5.32 Å². The summed E-state index contributed by atoms with van der Waals surface area (Å²) >= 11 is 0. The number of rotatable bonds is 8. The zero-order chi connectivity index (χ0) is 28.8. The minimum Gasteiger partial charge on any atom is -0.492 e. The standard InChI is InChI=1S/C32H34FNO6/c1-17-11-19(31(37)34-16-32(3,4)38)12-18(2)29(17)23-7-9-25(33)30-24(23)8-10-26(30)40-21-5-6-22-20(13-28(35)36)15-39-27(22)14-21/h5-7,9,11-12,14,20,26,38H,8,10,13,15-16H2,1-4H3,(H,34,37)(H,35,36)/t20-,26-/m1/s1. The van der Waals surface area contributed by atoms with Crippen LogP contribution >= 0.6 is 0 Å². The number of amides is 1. The van der Waals surface area contributed by atoms with Crippen molar-refractivity contribution < 1.29 is 33.7 Å². The molecule has 2 atom stereocenters. The van der Waals surface area contributed by atoms with Crippen LogP contribution in [0.5, 0.6) is 11.5 Å². The number of carbonyl (C=O) groups is 2. The molecular weight excluding hydrogens is 513 g/mol. The van der Waals surface area contributed by atoms with Gasteiger partial charge in [0.15, 0.2) is 0 Å². The molecule has 0 unspecified atom stereocenters. The van der Waals surface area contributed by atoms with Crippen molar-refractivity contribution in [2.45, 2.75) is 64.6 Å². The van der Waals surface area contributed by atoms with E-state index in [0.29, 0.717) is 42.1 Å². The number of aryl methyl sites for hydroxylation is 2.